The molecule has 1 aromatic carbocycles. The zero-order valence-corrected chi connectivity index (χ0v) is 11.3. The average molecular weight is 241 g/mol. The third kappa shape index (κ3) is 3.39. The monoisotopic (exact) mass is 240 g/mol. The first-order valence-electron chi connectivity index (χ1n) is 5.63. The predicted octanol–water partition coefficient (Wildman–Crippen LogP) is 3.54. The van der Waals surface area contributed by atoms with E-state index in [2.05, 4.69) is 32.6 Å². The van der Waals surface area contributed by atoms with Gasteiger partial charge in [0.2, 0.25) is 0 Å². The summed E-state index contributed by atoms with van der Waals surface area (Å²) in [6.45, 7) is 10.6. The van der Waals surface area contributed by atoms with Crippen molar-refractivity contribution in [1.29, 1.82) is 0 Å². The van der Waals surface area contributed by atoms with Crippen molar-refractivity contribution in [3.8, 4) is 0 Å². The lowest BCUT2D eigenvalue weighted by atomic mass is 10.0. The summed E-state index contributed by atoms with van der Waals surface area (Å²) in [5, 5.41) is 0.789. The Balaban J connectivity index is 2.90. The van der Waals surface area contributed by atoms with E-state index < -0.39 is 0 Å². The van der Waals surface area contributed by atoms with Crippen molar-refractivity contribution in [2.24, 2.45) is 0 Å². The normalized spacial score (nSPS) is 12.1. The van der Waals surface area contributed by atoms with Crippen LogP contribution in [0.15, 0.2) is 18.2 Å². The highest BCUT2D eigenvalue weighted by Crippen LogP contribution is 2.23. The van der Waals surface area contributed by atoms with Gasteiger partial charge < -0.3 is 5.73 Å². The Labute approximate surface area is 103 Å². The maximum Gasteiger partial charge on any atom is 0.0452 e. The van der Waals surface area contributed by atoms with Gasteiger partial charge in [-0.2, -0.15) is 0 Å². The quantitative estimate of drug-likeness (QED) is 0.819. The van der Waals surface area contributed by atoms with Gasteiger partial charge in [-0.25, -0.2) is 0 Å². The first kappa shape index (κ1) is 13.3. The third-order valence-corrected chi connectivity index (χ3v) is 3.13. The summed E-state index contributed by atoms with van der Waals surface area (Å²) < 4.78 is 0. The van der Waals surface area contributed by atoms with E-state index in [4.69, 9.17) is 17.3 Å². The number of rotatable bonds is 3. The highest BCUT2D eigenvalue weighted by atomic mass is 35.5. The SMILES string of the molecule is CCN(Cc1cc(N)ccc1Cl)C(C)(C)C. The van der Waals surface area contributed by atoms with E-state index in [1.165, 1.54) is 0 Å². The maximum absolute atomic E-state index is 6.17. The van der Waals surface area contributed by atoms with E-state index in [0.717, 1.165) is 29.4 Å². The second kappa shape index (κ2) is 5.07. The summed E-state index contributed by atoms with van der Waals surface area (Å²) in [5.41, 5.74) is 7.78. The van der Waals surface area contributed by atoms with Gasteiger partial charge in [0, 0.05) is 22.8 Å². The van der Waals surface area contributed by atoms with Crippen LogP contribution in [0.3, 0.4) is 0 Å². The highest BCUT2D eigenvalue weighted by Gasteiger charge is 2.20. The van der Waals surface area contributed by atoms with Gasteiger partial charge in [-0.15, -0.1) is 0 Å². The molecule has 0 saturated carbocycles. The van der Waals surface area contributed by atoms with Crippen LogP contribution in [0, 0.1) is 0 Å². The van der Waals surface area contributed by atoms with Crippen LogP contribution in [0.25, 0.3) is 0 Å². The number of anilines is 1. The molecule has 0 saturated heterocycles. The van der Waals surface area contributed by atoms with Crippen LogP contribution in [-0.4, -0.2) is 17.0 Å². The average Bonchev–Trinajstić information content (AvgIpc) is 2.17. The number of benzene rings is 1. The van der Waals surface area contributed by atoms with Crippen molar-refractivity contribution in [3.05, 3.63) is 28.8 Å². The number of nitrogens with two attached hydrogens (primary N) is 1. The Morgan fingerprint density at radius 1 is 1.31 bits per heavy atom. The van der Waals surface area contributed by atoms with Crippen molar-refractivity contribution < 1.29 is 0 Å². The van der Waals surface area contributed by atoms with E-state index >= 15 is 0 Å². The van der Waals surface area contributed by atoms with Gasteiger partial charge in [0.05, 0.1) is 0 Å². The molecular weight excluding hydrogens is 220 g/mol. The van der Waals surface area contributed by atoms with Crippen LogP contribution in [0.4, 0.5) is 5.69 Å². The number of hydrogen-bond donors (Lipinski definition) is 1. The van der Waals surface area contributed by atoms with Crippen LogP contribution in [0.2, 0.25) is 5.02 Å². The van der Waals surface area contributed by atoms with Gasteiger partial charge in [0.25, 0.3) is 0 Å². The predicted molar refractivity (Wildman–Crippen MR) is 71.7 cm³/mol. The number of nitrogens with zero attached hydrogens (tertiary/aromatic N) is 1. The van der Waals surface area contributed by atoms with Crippen LogP contribution in [0.1, 0.15) is 33.3 Å². The Bertz CT molecular complexity index is 355. The molecule has 0 aromatic heterocycles. The van der Waals surface area contributed by atoms with Crippen molar-refractivity contribution in [1.82, 2.24) is 4.90 Å². The molecule has 0 unspecified atom stereocenters. The number of nitrogen functional groups attached to an aromatic ring is 1. The molecule has 0 heterocycles. The number of halogens is 1. The minimum absolute atomic E-state index is 0.142. The van der Waals surface area contributed by atoms with E-state index in [1.807, 2.05) is 18.2 Å². The number of hydrogen-bond acceptors (Lipinski definition) is 2. The second-order valence-electron chi connectivity index (χ2n) is 5.04. The van der Waals surface area contributed by atoms with E-state index in [0.29, 0.717) is 0 Å². The molecule has 1 rings (SSSR count). The molecule has 0 aliphatic carbocycles. The van der Waals surface area contributed by atoms with Crippen molar-refractivity contribution in [3.63, 3.8) is 0 Å². The van der Waals surface area contributed by atoms with Gasteiger partial charge in [-0.1, -0.05) is 18.5 Å². The molecule has 0 fully saturated rings. The summed E-state index contributed by atoms with van der Waals surface area (Å²) in [6.07, 6.45) is 0. The van der Waals surface area contributed by atoms with Gasteiger partial charge in [0.1, 0.15) is 0 Å². The molecule has 16 heavy (non-hydrogen) atoms. The lowest BCUT2D eigenvalue weighted by molar-refractivity contribution is 0.136. The molecule has 0 atom stereocenters. The summed E-state index contributed by atoms with van der Waals surface area (Å²) in [4.78, 5) is 2.37. The van der Waals surface area contributed by atoms with Crippen LogP contribution < -0.4 is 5.73 Å². The molecule has 0 aliphatic heterocycles. The van der Waals surface area contributed by atoms with Crippen molar-refractivity contribution in [2.45, 2.75) is 39.8 Å². The molecule has 90 valence electrons. The summed E-state index contributed by atoms with van der Waals surface area (Å²) >= 11 is 6.17. The molecular formula is C13H21ClN2. The lowest BCUT2D eigenvalue weighted by Gasteiger charge is -2.35. The highest BCUT2D eigenvalue weighted by molar-refractivity contribution is 6.31. The van der Waals surface area contributed by atoms with Crippen LogP contribution in [-0.2, 0) is 6.54 Å². The lowest BCUT2D eigenvalue weighted by Crippen LogP contribution is -2.40. The molecule has 0 spiro atoms. The second-order valence-corrected chi connectivity index (χ2v) is 5.44. The largest absolute Gasteiger partial charge is 0.399 e. The Hall–Kier alpha value is -0.730. The minimum atomic E-state index is 0.142. The van der Waals surface area contributed by atoms with Gasteiger partial charge >= 0.3 is 0 Å². The minimum Gasteiger partial charge on any atom is -0.399 e. The van der Waals surface area contributed by atoms with Crippen molar-refractivity contribution in [2.75, 3.05) is 12.3 Å². The molecule has 0 aliphatic rings. The van der Waals surface area contributed by atoms with E-state index in [1.54, 1.807) is 0 Å². The molecule has 0 radical (unpaired) electrons. The molecule has 0 bridgehead atoms. The summed E-state index contributed by atoms with van der Waals surface area (Å²) in [6, 6.07) is 5.65. The van der Waals surface area contributed by atoms with Gasteiger partial charge in [-0.3, -0.25) is 4.90 Å². The van der Waals surface area contributed by atoms with Crippen molar-refractivity contribution >= 4 is 17.3 Å². The Kier molecular flexibility index (Phi) is 4.22. The zero-order chi connectivity index (χ0) is 12.3. The Morgan fingerprint density at radius 3 is 2.44 bits per heavy atom. The topological polar surface area (TPSA) is 29.3 Å². The van der Waals surface area contributed by atoms with E-state index in [9.17, 15) is 0 Å². The molecule has 1 aromatic rings. The first-order valence-corrected chi connectivity index (χ1v) is 6.01. The molecule has 2 nitrogen and oxygen atoms in total. The smallest absolute Gasteiger partial charge is 0.0452 e. The zero-order valence-electron chi connectivity index (χ0n) is 10.5. The third-order valence-electron chi connectivity index (χ3n) is 2.76. The first-order chi connectivity index (χ1) is 7.34. The fourth-order valence-electron chi connectivity index (χ4n) is 1.74. The summed E-state index contributed by atoms with van der Waals surface area (Å²) in [7, 11) is 0. The standard InChI is InChI=1S/C13H21ClN2/c1-5-16(13(2,3)4)9-10-8-11(15)6-7-12(10)14/h6-8H,5,9,15H2,1-4H3. The fraction of sp³-hybridized carbons (Fsp3) is 0.538. The maximum atomic E-state index is 6.17. The fourth-order valence-corrected chi connectivity index (χ4v) is 1.92. The molecule has 0 amide bonds. The molecule has 2 N–H and O–H groups in total. The van der Waals surface area contributed by atoms with Crippen LogP contribution in [0.5, 0.6) is 0 Å². The van der Waals surface area contributed by atoms with Crippen LogP contribution >= 0.6 is 11.6 Å². The van der Waals surface area contributed by atoms with E-state index in [-0.39, 0.29) is 5.54 Å². The summed E-state index contributed by atoms with van der Waals surface area (Å²) in [5.74, 6) is 0. The Morgan fingerprint density at radius 2 is 1.94 bits per heavy atom. The molecule has 3 heteroatoms. The van der Waals surface area contributed by atoms with Gasteiger partial charge in [0.15, 0.2) is 0 Å². The van der Waals surface area contributed by atoms with Gasteiger partial charge in [-0.05, 0) is 51.1 Å².